The maximum Gasteiger partial charge on any atom is 0.226 e. The van der Waals surface area contributed by atoms with Gasteiger partial charge >= 0.3 is 0 Å². The first-order valence-corrected chi connectivity index (χ1v) is 5.69. The topological polar surface area (TPSA) is 20.3 Å². The number of nitrogens with zero attached hydrogens (tertiary/aromatic N) is 1. The van der Waals surface area contributed by atoms with Crippen molar-refractivity contribution >= 4 is 5.91 Å². The van der Waals surface area contributed by atoms with Gasteiger partial charge in [0.15, 0.2) is 0 Å². The van der Waals surface area contributed by atoms with Crippen molar-refractivity contribution in [2.75, 3.05) is 6.54 Å². The molecule has 1 fully saturated rings. The third kappa shape index (κ3) is 1.70. The Balaban J connectivity index is 2.13. The summed E-state index contributed by atoms with van der Waals surface area (Å²) in [6.07, 6.45) is 6.54. The SMILES string of the molecule is CC(C)CN1C(=O)CCC2CCC=C21. The molecule has 0 aromatic carbocycles. The molecule has 14 heavy (non-hydrogen) atoms. The van der Waals surface area contributed by atoms with Gasteiger partial charge in [0.2, 0.25) is 5.91 Å². The van der Waals surface area contributed by atoms with Crippen LogP contribution in [-0.4, -0.2) is 17.4 Å². The third-order valence-electron chi connectivity index (χ3n) is 3.15. The summed E-state index contributed by atoms with van der Waals surface area (Å²) in [5.41, 5.74) is 1.33. The summed E-state index contributed by atoms with van der Waals surface area (Å²) in [6.45, 7) is 5.25. The van der Waals surface area contributed by atoms with Crippen LogP contribution in [0.3, 0.4) is 0 Å². The maximum atomic E-state index is 11.8. The highest BCUT2D eigenvalue weighted by Crippen LogP contribution is 2.36. The highest BCUT2D eigenvalue weighted by atomic mass is 16.2. The molecule has 2 aliphatic rings. The van der Waals surface area contributed by atoms with Crippen molar-refractivity contribution in [3.8, 4) is 0 Å². The predicted octanol–water partition coefficient (Wildman–Crippen LogP) is 2.56. The zero-order chi connectivity index (χ0) is 10.1. The van der Waals surface area contributed by atoms with E-state index < -0.39 is 0 Å². The summed E-state index contributed by atoms with van der Waals surface area (Å²) in [6, 6.07) is 0. The lowest BCUT2D eigenvalue weighted by molar-refractivity contribution is -0.132. The molecule has 0 radical (unpaired) electrons. The zero-order valence-corrected chi connectivity index (χ0v) is 9.12. The van der Waals surface area contributed by atoms with Gasteiger partial charge in [0.1, 0.15) is 0 Å². The summed E-state index contributed by atoms with van der Waals surface area (Å²) in [7, 11) is 0. The molecule has 78 valence electrons. The number of piperidine rings is 1. The average Bonchev–Trinajstić information content (AvgIpc) is 2.57. The van der Waals surface area contributed by atoms with Crippen LogP contribution in [0.25, 0.3) is 0 Å². The van der Waals surface area contributed by atoms with E-state index in [2.05, 4.69) is 19.9 Å². The van der Waals surface area contributed by atoms with Crippen molar-refractivity contribution < 1.29 is 4.79 Å². The summed E-state index contributed by atoms with van der Waals surface area (Å²) >= 11 is 0. The van der Waals surface area contributed by atoms with E-state index >= 15 is 0 Å². The number of hydrogen-bond acceptors (Lipinski definition) is 1. The Hall–Kier alpha value is -0.790. The molecule has 0 spiro atoms. The van der Waals surface area contributed by atoms with Crippen LogP contribution in [0.2, 0.25) is 0 Å². The van der Waals surface area contributed by atoms with Crippen molar-refractivity contribution in [1.29, 1.82) is 0 Å². The molecule has 0 aromatic rings. The normalized spacial score (nSPS) is 26.8. The molecule has 1 aliphatic heterocycles. The van der Waals surface area contributed by atoms with Gasteiger partial charge in [0.05, 0.1) is 0 Å². The summed E-state index contributed by atoms with van der Waals surface area (Å²) in [5, 5.41) is 0. The molecule has 0 saturated carbocycles. The van der Waals surface area contributed by atoms with Crippen LogP contribution in [0.15, 0.2) is 11.8 Å². The van der Waals surface area contributed by atoms with Gasteiger partial charge in [-0.15, -0.1) is 0 Å². The van der Waals surface area contributed by atoms with Gasteiger partial charge in [-0.2, -0.15) is 0 Å². The number of rotatable bonds is 2. The van der Waals surface area contributed by atoms with Crippen LogP contribution >= 0.6 is 0 Å². The molecule has 2 rings (SSSR count). The molecule has 0 aromatic heterocycles. The van der Waals surface area contributed by atoms with Gasteiger partial charge < -0.3 is 4.90 Å². The number of carbonyl (C=O) groups excluding carboxylic acids is 1. The summed E-state index contributed by atoms with van der Waals surface area (Å²) in [5.74, 6) is 1.59. The average molecular weight is 193 g/mol. The standard InChI is InChI=1S/C12H19NO/c1-9(2)8-13-11-5-3-4-10(11)6-7-12(13)14/h5,9-10H,3-4,6-8H2,1-2H3. The zero-order valence-electron chi connectivity index (χ0n) is 9.12. The molecular formula is C12H19NO. The van der Waals surface area contributed by atoms with E-state index in [-0.39, 0.29) is 0 Å². The van der Waals surface area contributed by atoms with Gasteiger partial charge in [-0.1, -0.05) is 19.9 Å². The molecule has 2 nitrogen and oxygen atoms in total. The second kappa shape index (κ2) is 3.76. The largest absolute Gasteiger partial charge is 0.316 e. The Morgan fingerprint density at radius 3 is 3.00 bits per heavy atom. The predicted molar refractivity (Wildman–Crippen MR) is 56.6 cm³/mol. The Labute approximate surface area is 86.0 Å². The molecule has 1 unspecified atom stereocenters. The van der Waals surface area contributed by atoms with E-state index in [4.69, 9.17) is 0 Å². The second-order valence-electron chi connectivity index (χ2n) is 4.84. The molecule has 1 aliphatic carbocycles. The minimum atomic E-state index is 0.336. The Bertz CT molecular complexity index is 267. The fourth-order valence-corrected chi connectivity index (χ4v) is 2.52. The first kappa shape index (κ1) is 9.75. The van der Waals surface area contributed by atoms with E-state index in [1.54, 1.807) is 0 Å². The van der Waals surface area contributed by atoms with Crippen LogP contribution < -0.4 is 0 Å². The second-order valence-corrected chi connectivity index (χ2v) is 4.84. The van der Waals surface area contributed by atoms with Gasteiger partial charge in [0.25, 0.3) is 0 Å². The highest BCUT2D eigenvalue weighted by molar-refractivity contribution is 5.79. The van der Waals surface area contributed by atoms with E-state index in [1.165, 1.54) is 18.5 Å². The van der Waals surface area contributed by atoms with Crippen LogP contribution in [-0.2, 0) is 4.79 Å². The summed E-state index contributed by atoms with van der Waals surface area (Å²) in [4.78, 5) is 13.8. The third-order valence-corrected chi connectivity index (χ3v) is 3.15. The quantitative estimate of drug-likeness (QED) is 0.660. The van der Waals surface area contributed by atoms with Crippen molar-refractivity contribution in [3.63, 3.8) is 0 Å². The fraction of sp³-hybridized carbons (Fsp3) is 0.750. The van der Waals surface area contributed by atoms with E-state index in [9.17, 15) is 4.79 Å². The Morgan fingerprint density at radius 1 is 1.50 bits per heavy atom. The number of hydrogen-bond donors (Lipinski definition) is 0. The van der Waals surface area contributed by atoms with Crippen molar-refractivity contribution in [2.45, 2.75) is 39.5 Å². The first-order valence-electron chi connectivity index (χ1n) is 5.69. The Morgan fingerprint density at radius 2 is 2.29 bits per heavy atom. The number of allylic oxidation sites excluding steroid dienone is 2. The fourth-order valence-electron chi connectivity index (χ4n) is 2.52. The van der Waals surface area contributed by atoms with E-state index in [0.717, 1.165) is 19.4 Å². The number of amides is 1. The minimum Gasteiger partial charge on any atom is -0.316 e. The maximum absolute atomic E-state index is 11.8. The van der Waals surface area contributed by atoms with E-state index in [0.29, 0.717) is 17.7 Å². The van der Waals surface area contributed by atoms with Gasteiger partial charge in [-0.3, -0.25) is 4.79 Å². The molecule has 0 bridgehead atoms. The smallest absolute Gasteiger partial charge is 0.226 e. The number of likely N-dealkylation sites (tertiary alicyclic amines) is 1. The van der Waals surface area contributed by atoms with Gasteiger partial charge in [-0.05, 0) is 31.1 Å². The van der Waals surface area contributed by atoms with Crippen molar-refractivity contribution in [2.24, 2.45) is 11.8 Å². The number of carbonyl (C=O) groups is 1. The minimum absolute atomic E-state index is 0.336. The van der Waals surface area contributed by atoms with E-state index in [1.807, 2.05) is 4.90 Å². The van der Waals surface area contributed by atoms with Crippen molar-refractivity contribution in [3.05, 3.63) is 11.8 Å². The van der Waals surface area contributed by atoms with Gasteiger partial charge in [-0.25, -0.2) is 0 Å². The highest BCUT2D eigenvalue weighted by Gasteiger charge is 2.32. The van der Waals surface area contributed by atoms with Gasteiger partial charge in [0, 0.05) is 18.7 Å². The lowest BCUT2D eigenvalue weighted by Gasteiger charge is -2.34. The summed E-state index contributed by atoms with van der Waals surface area (Å²) < 4.78 is 0. The van der Waals surface area contributed by atoms with Crippen LogP contribution in [0.5, 0.6) is 0 Å². The molecule has 1 saturated heterocycles. The van der Waals surface area contributed by atoms with Crippen LogP contribution in [0.4, 0.5) is 0 Å². The molecule has 0 N–H and O–H groups in total. The number of fused-ring (bicyclic) bond motifs is 1. The van der Waals surface area contributed by atoms with Crippen molar-refractivity contribution in [1.82, 2.24) is 4.90 Å². The van der Waals surface area contributed by atoms with Crippen LogP contribution in [0.1, 0.15) is 39.5 Å². The molecule has 1 amide bonds. The molecule has 2 heteroatoms. The molecule has 1 atom stereocenters. The first-order chi connectivity index (χ1) is 6.68. The lowest BCUT2D eigenvalue weighted by Crippen LogP contribution is -2.38. The van der Waals surface area contributed by atoms with Crippen LogP contribution in [0, 0.1) is 11.8 Å². The molecule has 1 heterocycles. The lowest BCUT2D eigenvalue weighted by atomic mass is 9.94. The molecular weight excluding hydrogens is 174 g/mol. The Kier molecular flexibility index (Phi) is 2.62. The monoisotopic (exact) mass is 193 g/mol.